The van der Waals surface area contributed by atoms with E-state index in [2.05, 4.69) is 33.5 Å². The van der Waals surface area contributed by atoms with E-state index < -0.39 is 53.2 Å². The van der Waals surface area contributed by atoms with Gasteiger partial charge in [0.2, 0.25) is 11.8 Å². The molecule has 12 nitrogen and oxygen atoms in total. The number of Topliss-reactive ketones (excluding diaryl/α,β-unsaturated/α-hetero) is 2. The van der Waals surface area contributed by atoms with E-state index in [1.807, 2.05) is 61.5 Å². The van der Waals surface area contributed by atoms with Gasteiger partial charge in [0.05, 0.1) is 24.1 Å². The van der Waals surface area contributed by atoms with Crippen LogP contribution in [0.2, 0.25) is 0 Å². The van der Waals surface area contributed by atoms with Crippen molar-refractivity contribution in [2.45, 2.75) is 95.7 Å². The molecule has 2 amide bonds. The topological polar surface area (TPSA) is 194 Å². The fraction of sp³-hybridized carbons (Fsp3) is 0.543. The summed E-state index contributed by atoms with van der Waals surface area (Å²) in [5, 5.41) is 27.9. The lowest BCUT2D eigenvalue weighted by Crippen LogP contribution is -2.63. The number of amides is 2. The lowest BCUT2D eigenvalue weighted by atomic mass is 9.46. The molecule has 2 aromatic carbocycles. The first-order valence-electron chi connectivity index (χ1n) is 20.9. The van der Waals surface area contributed by atoms with Crippen LogP contribution in [0.5, 0.6) is 0 Å². The molecular formula is C46H56BrN3O9. The van der Waals surface area contributed by atoms with Crippen molar-refractivity contribution in [1.29, 1.82) is 0 Å². The summed E-state index contributed by atoms with van der Waals surface area (Å²) in [6.45, 7) is 3.81. The summed E-state index contributed by atoms with van der Waals surface area (Å²) in [6.07, 6.45) is 8.04. The van der Waals surface area contributed by atoms with Crippen LogP contribution in [0.4, 0.5) is 5.69 Å². The Hall–Kier alpha value is -3.85. The minimum absolute atomic E-state index is 0.00692. The number of alkyl halides is 1. The van der Waals surface area contributed by atoms with Crippen LogP contribution in [-0.4, -0.2) is 82.2 Å². The lowest BCUT2D eigenvalue weighted by Gasteiger charge is -2.59. The highest BCUT2D eigenvalue weighted by Gasteiger charge is 2.75. The third kappa shape index (κ3) is 8.18. The van der Waals surface area contributed by atoms with E-state index >= 15 is 0 Å². The van der Waals surface area contributed by atoms with Crippen LogP contribution in [0, 0.1) is 34.5 Å². The Bertz CT molecular complexity index is 2020. The Labute approximate surface area is 353 Å². The Kier molecular flexibility index (Phi) is 12.9. The number of unbranched alkanes of at least 4 members (excludes halogenated alkanes) is 1. The second-order valence-corrected chi connectivity index (χ2v) is 18.1. The number of nitrogens with two attached hydrogens (primary N) is 1. The summed E-state index contributed by atoms with van der Waals surface area (Å²) in [7, 11) is 0. The number of anilines is 1. The van der Waals surface area contributed by atoms with E-state index in [1.165, 1.54) is 0 Å². The van der Waals surface area contributed by atoms with Crippen molar-refractivity contribution in [2.24, 2.45) is 40.2 Å². The standard InChI is InChI=1S/C46H56BrN3O9/c1-44-16-15-33(52)21-31(44)13-14-35-36-22-39-46(38(55)26-51,45(36,2)23-37(54)41(35)44)59-43(58-39)29-11-9-27(10-12-29)18-28-6-5-8-32(19-28)50-42(57)30(7-3-4-17-48)20-34(53)25-49-40(56)24-47/h5-6,8-12,15-16,19,21,30,35-37,39,41,43,51,54H,3-4,7,13-14,17-18,20,22-26,48H2,1-2H3,(H,49,56)(H,50,57)/t30-,35+,36+,37+,39-,41-,43-,44+,45+,46-/m1/s1. The number of aliphatic hydroxyl groups is 2. The fourth-order valence-corrected chi connectivity index (χ4v) is 11.5. The Morgan fingerprint density at radius 2 is 1.85 bits per heavy atom. The minimum atomic E-state index is -1.43. The van der Waals surface area contributed by atoms with Crippen molar-refractivity contribution >= 4 is 50.8 Å². The molecule has 1 aliphatic heterocycles. The molecule has 2 aromatic rings. The zero-order chi connectivity index (χ0) is 42.1. The maximum atomic E-state index is 13.9. The lowest BCUT2D eigenvalue weighted by molar-refractivity contribution is -0.201. The van der Waals surface area contributed by atoms with Gasteiger partial charge in [-0.05, 0) is 98.7 Å². The molecule has 0 radical (unpaired) electrons. The molecule has 0 aromatic heterocycles. The zero-order valence-corrected chi connectivity index (χ0v) is 35.4. The van der Waals surface area contributed by atoms with Gasteiger partial charge in [-0.15, -0.1) is 0 Å². The van der Waals surface area contributed by atoms with Gasteiger partial charge in [0.15, 0.2) is 29.2 Å². The largest absolute Gasteiger partial charge is 0.393 e. The van der Waals surface area contributed by atoms with Gasteiger partial charge >= 0.3 is 0 Å². The molecule has 1 heterocycles. The molecule has 0 bridgehead atoms. The summed E-state index contributed by atoms with van der Waals surface area (Å²) < 4.78 is 13.4. The van der Waals surface area contributed by atoms with Gasteiger partial charge in [-0.3, -0.25) is 24.0 Å². The number of allylic oxidation sites excluding steroid dienone is 4. The second-order valence-electron chi connectivity index (χ2n) is 17.6. The van der Waals surface area contributed by atoms with Crippen LogP contribution >= 0.6 is 15.9 Å². The van der Waals surface area contributed by atoms with Gasteiger partial charge < -0.3 is 36.1 Å². The van der Waals surface area contributed by atoms with Gasteiger partial charge in [-0.1, -0.05) is 84.2 Å². The van der Waals surface area contributed by atoms with Crippen molar-refractivity contribution < 1.29 is 43.7 Å². The zero-order valence-electron chi connectivity index (χ0n) is 33.8. The molecular weight excluding hydrogens is 818 g/mol. The quantitative estimate of drug-likeness (QED) is 0.113. The van der Waals surface area contributed by atoms with Crippen LogP contribution in [-0.2, 0) is 39.9 Å². The summed E-state index contributed by atoms with van der Waals surface area (Å²) in [4.78, 5) is 63.8. The summed E-state index contributed by atoms with van der Waals surface area (Å²) in [5.74, 6) is -1.82. The summed E-state index contributed by atoms with van der Waals surface area (Å²) in [5.41, 5.74) is 7.37. The van der Waals surface area contributed by atoms with Gasteiger partial charge in [0.25, 0.3) is 0 Å². The van der Waals surface area contributed by atoms with E-state index in [-0.39, 0.29) is 59.4 Å². The van der Waals surface area contributed by atoms with Gasteiger partial charge in [-0.25, -0.2) is 0 Å². The van der Waals surface area contributed by atoms with Gasteiger partial charge in [0.1, 0.15) is 6.61 Å². The molecule has 6 N–H and O–H groups in total. The number of carbonyl (C=O) groups is 5. The number of ether oxygens (including phenoxy) is 2. The van der Waals surface area contributed by atoms with E-state index in [4.69, 9.17) is 15.2 Å². The van der Waals surface area contributed by atoms with Crippen LogP contribution in [0.1, 0.15) is 88.2 Å². The van der Waals surface area contributed by atoms with Crippen molar-refractivity contribution in [3.63, 3.8) is 0 Å². The maximum Gasteiger partial charge on any atom is 0.231 e. The minimum Gasteiger partial charge on any atom is -0.393 e. The molecule has 59 heavy (non-hydrogen) atoms. The third-order valence-electron chi connectivity index (χ3n) is 14.1. The van der Waals surface area contributed by atoms with Crippen molar-refractivity contribution in [3.8, 4) is 0 Å². The number of rotatable bonds is 16. The Morgan fingerprint density at radius 3 is 2.58 bits per heavy atom. The fourth-order valence-electron chi connectivity index (χ4n) is 11.3. The monoisotopic (exact) mass is 873 g/mol. The highest BCUT2D eigenvalue weighted by molar-refractivity contribution is 9.09. The average Bonchev–Trinajstić information content (AvgIpc) is 3.72. The molecule has 0 unspecified atom stereocenters. The van der Waals surface area contributed by atoms with Crippen LogP contribution in [0.25, 0.3) is 0 Å². The second kappa shape index (κ2) is 17.6. The van der Waals surface area contributed by atoms with E-state index in [1.54, 1.807) is 12.2 Å². The van der Waals surface area contributed by atoms with Crippen LogP contribution in [0.3, 0.4) is 0 Å². The van der Waals surface area contributed by atoms with Crippen molar-refractivity contribution in [3.05, 3.63) is 89.0 Å². The van der Waals surface area contributed by atoms with Gasteiger partial charge in [0, 0.05) is 40.3 Å². The Balaban J connectivity index is 1.02. The summed E-state index contributed by atoms with van der Waals surface area (Å²) >= 11 is 3.07. The number of carbonyl (C=O) groups excluding carboxylic acids is 5. The molecule has 316 valence electrons. The molecule has 4 aliphatic carbocycles. The molecule has 0 spiro atoms. The number of halogens is 1. The molecule has 1 saturated heterocycles. The molecule has 4 fully saturated rings. The first-order chi connectivity index (χ1) is 28.3. The Morgan fingerprint density at radius 1 is 1.07 bits per heavy atom. The van der Waals surface area contributed by atoms with Crippen LogP contribution < -0.4 is 16.4 Å². The average molecular weight is 875 g/mol. The number of hydrogen-bond donors (Lipinski definition) is 5. The van der Waals surface area contributed by atoms with Crippen LogP contribution in [0.15, 0.2) is 72.3 Å². The molecule has 7 rings (SSSR count). The normalized spacial score (nSPS) is 32.2. The molecule has 5 aliphatic rings. The van der Waals surface area contributed by atoms with E-state index in [0.29, 0.717) is 44.3 Å². The number of aliphatic hydroxyl groups excluding tert-OH is 2. The predicted octanol–water partition coefficient (Wildman–Crippen LogP) is 5.03. The molecule has 13 heteroatoms. The van der Waals surface area contributed by atoms with Crippen molar-refractivity contribution in [2.75, 3.05) is 30.3 Å². The molecule has 10 atom stereocenters. The highest BCUT2D eigenvalue weighted by atomic mass is 79.9. The smallest absolute Gasteiger partial charge is 0.231 e. The van der Waals surface area contributed by atoms with Crippen molar-refractivity contribution in [1.82, 2.24) is 5.32 Å². The third-order valence-corrected chi connectivity index (χ3v) is 14.6. The number of fused-ring (bicyclic) bond motifs is 7. The van der Waals surface area contributed by atoms with Gasteiger partial charge in [-0.2, -0.15) is 0 Å². The SMILES string of the molecule is C[C@]12C=CC(=O)C=C1CC[C@@H]1[C@@H]2[C@@H](O)C[C@@]2(C)[C@H]1C[C@H]1O[C@@H](c3ccc(Cc4cccc(NC(=O)[C@H](CCCCN)CC(=O)CNC(=O)CBr)c4)cc3)O[C@]12C(=O)CO. The predicted molar refractivity (Wildman–Crippen MR) is 224 cm³/mol. The molecule has 3 saturated carbocycles. The summed E-state index contributed by atoms with van der Waals surface area (Å²) in [6, 6.07) is 15.4. The first-order valence-corrected chi connectivity index (χ1v) is 22.0. The number of hydrogen-bond acceptors (Lipinski definition) is 10. The van der Waals surface area contributed by atoms with E-state index in [0.717, 1.165) is 41.5 Å². The first kappa shape index (κ1) is 43.2. The van der Waals surface area contributed by atoms with E-state index in [9.17, 15) is 34.2 Å². The highest BCUT2D eigenvalue weighted by Crippen LogP contribution is 2.70. The number of nitrogens with one attached hydrogen (secondary N) is 2. The number of benzene rings is 2. The maximum absolute atomic E-state index is 13.9. The number of ketones is 3.